The van der Waals surface area contributed by atoms with Crippen molar-refractivity contribution in [3.05, 3.63) is 111 Å². The first-order valence-corrected chi connectivity index (χ1v) is 35.4. The molecule has 0 aliphatic carbocycles. The first-order valence-electron chi connectivity index (χ1n) is 34.2. The number of benzene rings is 4. The van der Waals surface area contributed by atoms with E-state index in [9.17, 15) is 102 Å². The number of carboxylic acids is 3. The van der Waals surface area contributed by atoms with Crippen LogP contribution in [0.25, 0.3) is 0 Å². The van der Waals surface area contributed by atoms with Crippen molar-refractivity contribution in [2.45, 2.75) is 158 Å². The Morgan fingerprint density at radius 2 is 1.14 bits per heavy atom. The Balaban J connectivity index is 0.935. The molecular weight excluding hydrogens is 1520 g/mol. The van der Waals surface area contributed by atoms with E-state index in [1.165, 1.54) is 54.3 Å². The minimum atomic E-state index is -2.17. The third kappa shape index (κ3) is 23.0. The number of carbonyl (C=O) groups is 16. The van der Waals surface area contributed by atoms with Crippen LogP contribution in [0.2, 0.25) is 0 Å². The van der Waals surface area contributed by atoms with Gasteiger partial charge in [0.1, 0.15) is 77.4 Å². The highest BCUT2D eigenvalue weighted by atomic mass is 79.9. The Labute approximate surface area is 635 Å². The highest BCUT2D eigenvalue weighted by Gasteiger charge is 2.54. The molecule has 0 radical (unpaired) electrons. The van der Waals surface area contributed by atoms with Gasteiger partial charge in [0.15, 0.2) is 10.7 Å². The summed E-state index contributed by atoms with van der Waals surface area (Å²) in [7, 11) is 0. The number of unbranched alkanes of at least 4 members (excludes halogenated alkanes) is 1. The number of carbonyl (C=O) groups excluding carboxylic acids is 13. The molecule has 7 rings (SSSR count). The molecule has 109 heavy (non-hydrogen) atoms. The minimum Gasteiger partial charge on any atom is -0.508 e. The third-order valence-corrected chi connectivity index (χ3v) is 18.3. The number of ether oxygens (including phenoxy) is 2. The predicted molar refractivity (Wildman–Crippen MR) is 388 cm³/mol. The maximum Gasteiger partial charge on any atom is 0.340 e. The third-order valence-electron chi connectivity index (χ3n) is 17.6. The molecule has 12 amide bonds. The first kappa shape index (κ1) is 84.2. The molecule has 39 heteroatoms. The van der Waals surface area contributed by atoms with Gasteiger partial charge in [0.05, 0.1) is 31.4 Å². The van der Waals surface area contributed by atoms with E-state index in [1.807, 2.05) is 5.32 Å². The maximum absolute atomic E-state index is 14.3. The number of halogens is 1. The molecule has 0 unspecified atom stereocenters. The van der Waals surface area contributed by atoms with Crippen LogP contribution in [0.4, 0.5) is 5.69 Å². The quantitative estimate of drug-likeness (QED) is 0.0146. The number of aliphatic carboxylic acids is 3. The zero-order valence-corrected chi connectivity index (χ0v) is 61.6. The number of likely N-dealkylation sites (tertiary alicyclic amines) is 1. The van der Waals surface area contributed by atoms with Crippen molar-refractivity contribution in [3.63, 3.8) is 0 Å². The summed E-state index contributed by atoms with van der Waals surface area (Å²) in [6.45, 7) is 5.24. The topological polar surface area (TPSA) is 580 Å². The van der Waals surface area contributed by atoms with E-state index in [-0.39, 0.29) is 71.9 Å². The molecular formula is C70H83BrN14O23S. The molecule has 3 heterocycles. The highest BCUT2D eigenvalue weighted by molar-refractivity contribution is 9.10. The van der Waals surface area contributed by atoms with Crippen LogP contribution in [0, 0.1) is 5.92 Å². The fourth-order valence-electron chi connectivity index (χ4n) is 12.2. The van der Waals surface area contributed by atoms with Crippen LogP contribution in [0.3, 0.4) is 0 Å². The molecule has 4 aromatic carbocycles. The van der Waals surface area contributed by atoms with Gasteiger partial charge in [-0.3, -0.25) is 71.9 Å². The zero-order valence-electron chi connectivity index (χ0n) is 59.2. The summed E-state index contributed by atoms with van der Waals surface area (Å²) < 4.78 is 12.7. The van der Waals surface area contributed by atoms with E-state index < -0.39 is 200 Å². The lowest BCUT2D eigenvalue weighted by atomic mass is 9.77. The van der Waals surface area contributed by atoms with Crippen LogP contribution in [-0.2, 0) is 88.7 Å². The van der Waals surface area contributed by atoms with E-state index >= 15 is 0 Å². The number of hydrogen-bond acceptors (Lipinski definition) is 21. The second-order valence-electron chi connectivity index (χ2n) is 26.2. The molecule has 4 aromatic rings. The average Bonchev–Trinajstić information content (AvgIpc) is 1.59. The van der Waals surface area contributed by atoms with E-state index in [2.05, 4.69) is 69.1 Å². The van der Waals surface area contributed by atoms with Crippen molar-refractivity contribution in [3.8, 4) is 23.0 Å². The lowest BCUT2D eigenvalue weighted by Gasteiger charge is -2.36. The number of phenolic OH excluding ortho intramolecular Hbond substituents is 2. The number of fused-ring (bicyclic) bond motifs is 6. The van der Waals surface area contributed by atoms with Gasteiger partial charge in [-0.1, -0.05) is 48.0 Å². The Morgan fingerprint density at radius 1 is 0.615 bits per heavy atom. The lowest BCUT2D eigenvalue weighted by molar-refractivity contribution is -0.143. The smallest absolute Gasteiger partial charge is 0.340 e. The number of nitrogens with zero attached hydrogens (tertiary/aromatic N) is 1. The molecule has 3 aliphatic rings. The fourth-order valence-corrected chi connectivity index (χ4v) is 12.7. The number of primary amides is 2. The van der Waals surface area contributed by atoms with Crippen molar-refractivity contribution < 1.29 is 112 Å². The number of rotatable bonds is 37. The number of phenols is 2. The summed E-state index contributed by atoms with van der Waals surface area (Å²) in [6.07, 6.45) is -4.00. The molecule has 1 fully saturated rings. The van der Waals surface area contributed by atoms with Gasteiger partial charge >= 0.3 is 23.9 Å². The first-order chi connectivity index (χ1) is 51.4. The summed E-state index contributed by atoms with van der Waals surface area (Å²) in [5, 5.41) is 76.7. The fraction of sp³-hybridized carbons (Fsp3) is 0.414. The molecule has 584 valence electrons. The number of thiocarbonyl (C=S) groups is 1. The summed E-state index contributed by atoms with van der Waals surface area (Å²) in [5.41, 5.74) is 11.7. The summed E-state index contributed by atoms with van der Waals surface area (Å²) in [6, 6.07) is 4.75. The number of esters is 1. The average molecular weight is 1600 g/mol. The molecule has 0 aromatic heterocycles. The highest BCUT2D eigenvalue weighted by Crippen LogP contribution is 2.57. The number of carboxylic acid groups (broad SMARTS) is 3. The molecule has 9 atom stereocenters. The molecule has 37 nitrogen and oxygen atoms in total. The van der Waals surface area contributed by atoms with Crippen LogP contribution in [0.5, 0.6) is 23.0 Å². The monoisotopic (exact) mass is 1600 g/mol. The number of nitrogens with two attached hydrogens (primary N) is 2. The second kappa shape index (κ2) is 38.0. The minimum absolute atomic E-state index is 0.109. The Bertz CT molecular complexity index is 4190. The van der Waals surface area contributed by atoms with Crippen LogP contribution >= 0.6 is 28.1 Å². The molecule has 20 N–H and O–H groups in total. The van der Waals surface area contributed by atoms with Gasteiger partial charge in [0.2, 0.25) is 70.9 Å². The van der Waals surface area contributed by atoms with Gasteiger partial charge < -0.3 is 110 Å². The van der Waals surface area contributed by atoms with Crippen molar-refractivity contribution in [1.82, 2.24) is 58.1 Å². The molecule has 0 bridgehead atoms. The Morgan fingerprint density at radius 3 is 1.68 bits per heavy atom. The summed E-state index contributed by atoms with van der Waals surface area (Å²) in [4.78, 5) is 212. The number of aromatic hydroxyl groups is 2. The van der Waals surface area contributed by atoms with Gasteiger partial charge in [-0.15, -0.1) is 0 Å². The number of anilines is 1. The Kier molecular flexibility index (Phi) is 29.3. The molecule has 1 spiro atoms. The second-order valence-corrected chi connectivity index (χ2v) is 27.5. The van der Waals surface area contributed by atoms with Crippen LogP contribution in [0.15, 0.2) is 83.3 Å². The maximum atomic E-state index is 14.3. The van der Waals surface area contributed by atoms with Gasteiger partial charge in [-0.05, 0) is 118 Å². The summed E-state index contributed by atoms with van der Waals surface area (Å²) in [5.74, 6) is -18.5. The van der Waals surface area contributed by atoms with Gasteiger partial charge in [-0.25, -0.2) is 4.79 Å². The SMILES string of the molecule is CC(=O)N[C@H](C(=O)N1CCC[C@H]1C(=O)NCC(=O)N[C@@H](CCC(N)=O)C(=O)N[C@@H](Cc1ccc(Br)cc1)C(=O)N[C@@H](CC(=O)O)C(=O)N[C@@H](CC(=O)O)C(=O)N[C@@H](C)C(=O)N[C@@H](CC(=O)O)C(=O)N[C@@H](CCCCNC(=S)Nc1ccc2c(c1)C(=O)OC21c2ccc(O)cc2Oc2cc(O)ccc21)C(N)=O)C(C)C. The standard InChI is InChI=1S/C70H83BrN14O23S/c1-32(2)58(77-34(4)86)67(105)85-23-7-9-50(85)66(104)75-31-54(90)79-45(20-21-53(72)89)61(99)82-46(24-35-10-12-36(71)13-11-35)63(101)84-49(30-57(95)96)65(103)83-47(28-55(91)92)62(100)76-33(3)60(98)81-48(29-56(93)94)64(102)80-44(59(73)97)8-5-6-22-74-69(109)78-37-14-17-41-40(25-37)68(106)108-70(41)42-18-15-38(87)26-51(42)107-52-27-39(88)16-19-43(52)70/h10-19,25-27,32-33,44-50,58,87-88H,5-9,20-24,28-31H2,1-4H3,(H2,72,89)(H2,73,97)(H,75,104)(H,76,100)(H,77,86)(H,79,90)(H,80,102)(H,81,98)(H,82,99)(H,83,103)(H,84,101)(H,91,92)(H,93,94)(H,95,96)(H2,74,78,109)/t33-,44-,45-,46-,47-,48-,49-,50-,58-/m0/s1. The van der Waals surface area contributed by atoms with E-state index in [1.54, 1.807) is 50.2 Å². The molecule has 1 saturated heterocycles. The number of amides is 12. The predicted octanol–water partition coefficient (Wildman–Crippen LogP) is -1.02. The molecule has 3 aliphatic heterocycles. The zero-order chi connectivity index (χ0) is 80.3. The van der Waals surface area contributed by atoms with Gasteiger partial charge in [-0.2, -0.15) is 0 Å². The van der Waals surface area contributed by atoms with E-state index in [0.717, 1.165) is 6.92 Å². The van der Waals surface area contributed by atoms with Crippen LogP contribution < -0.4 is 74.7 Å². The molecule has 0 saturated carbocycles. The Hall–Kier alpha value is -12.0. The van der Waals surface area contributed by atoms with Crippen LogP contribution in [0.1, 0.15) is 125 Å². The normalized spacial score (nSPS) is 15.7. The van der Waals surface area contributed by atoms with Crippen molar-refractivity contribution in [1.29, 1.82) is 0 Å². The summed E-state index contributed by atoms with van der Waals surface area (Å²) >= 11 is 8.78. The van der Waals surface area contributed by atoms with E-state index in [0.29, 0.717) is 45.3 Å². The lowest BCUT2D eigenvalue weighted by Crippen LogP contribution is -2.60. The van der Waals surface area contributed by atoms with Gasteiger partial charge in [0.25, 0.3) is 0 Å². The van der Waals surface area contributed by atoms with Gasteiger partial charge in [0, 0.05) is 71.8 Å². The van der Waals surface area contributed by atoms with Crippen molar-refractivity contribution >= 4 is 134 Å². The van der Waals surface area contributed by atoms with Crippen molar-refractivity contribution in [2.24, 2.45) is 17.4 Å². The van der Waals surface area contributed by atoms with Crippen molar-refractivity contribution in [2.75, 3.05) is 25.0 Å². The van der Waals surface area contributed by atoms with Crippen LogP contribution in [-0.4, -0.2) is 204 Å². The van der Waals surface area contributed by atoms with E-state index in [4.69, 9.17) is 33.2 Å². The number of hydrogen-bond donors (Lipinski definition) is 18. The number of nitrogens with one attached hydrogen (secondary N) is 11. The largest absolute Gasteiger partial charge is 0.508 e.